The van der Waals surface area contributed by atoms with E-state index < -0.39 is 36.5 Å². The Kier molecular flexibility index (Phi) is 9.79. The molecular weight excluding hydrogens is 591 g/mol. The van der Waals surface area contributed by atoms with Gasteiger partial charge in [-0.25, -0.2) is 14.0 Å². The maximum Gasteiger partial charge on any atom is 0.340 e. The van der Waals surface area contributed by atoms with Crippen molar-refractivity contribution in [1.82, 2.24) is 10.2 Å². The number of nitrogens with one attached hydrogen (secondary N) is 2. The number of carbonyl (C=O) groups excluding carboxylic acids is 4. The Morgan fingerprint density at radius 2 is 1.57 bits per heavy atom. The van der Waals surface area contributed by atoms with Crippen LogP contribution in [0.15, 0.2) is 66.7 Å². The van der Waals surface area contributed by atoms with Crippen molar-refractivity contribution in [3.8, 4) is 0 Å². The first-order chi connectivity index (χ1) is 22.0. The predicted molar refractivity (Wildman–Crippen MR) is 171 cm³/mol. The fraction of sp³-hybridized carbons (Fsp3) is 0.343. The largest absolute Gasteiger partial charge is 0.479 e. The number of imide groups is 1. The summed E-state index contributed by atoms with van der Waals surface area (Å²) in [6.45, 7) is 3.00. The van der Waals surface area contributed by atoms with Crippen LogP contribution in [0.1, 0.15) is 94.1 Å². The normalized spacial score (nSPS) is 15.4. The average molecular weight is 629 g/mol. The second-order valence-corrected chi connectivity index (χ2v) is 12.0. The standard InChI is InChI=1S/C35H37FN4O6/c1-21(2)40-32(42)28-17-14-26(18-29(28)33(40)43)38-35(46)39(27-15-12-24(13-16-27)23-6-4-3-5-7-23)20-22-8-10-25(11-9-22)31(41)37-19-30(36)34(44)45/h8-18,21,23,30H,3-7,19-20H2,1-2H3,(H,37,41)(H,38,46)(H,44,45). The fourth-order valence-electron chi connectivity index (χ4n) is 5.96. The second kappa shape index (κ2) is 13.9. The number of carboxylic acid groups (broad SMARTS) is 1. The zero-order valence-corrected chi connectivity index (χ0v) is 25.8. The van der Waals surface area contributed by atoms with Crippen molar-refractivity contribution in [2.45, 2.75) is 70.6 Å². The number of benzene rings is 3. The van der Waals surface area contributed by atoms with Crippen LogP contribution in [0.4, 0.5) is 20.6 Å². The third-order valence-corrected chi connectivity index (χ3v) is 8.48. The molecular formula is C35H37FN4O6. The third-order valence-electron chi connectivity index (χ3n) is 8.48. The van der Waals surface area contributed by atoms with E-state index in [4.69, 9.17) is 5.11 Å². The molecule has 10 nitrogen and oxygen atoms in total. The van der Waals surface area contributed by atoms with Gasteiger partial charge in [0.15, 0.2) is 0 Å². The van der Waals surface area contributed by atoms with E-state index in [-0.39, 0.29) is 29.6 Å². The molecule has 3 aromatic rings. The van der Waals surface area contributed by atoms with Crippen LogP contribution >= 0.6 is 0 Å². The number of rotatable bonds is 10. The van der Waals surface area contributed by atoms with E-state index in [1.165, 1.54) is 47.9 Å². The highest BCUT2D eigenvalue weighted by atomic mass is 19.1. The van der Waals surface area contributed by atoms with E-state index in [1.54, 1.807) is 43.0 Å². The minimum absolute atomic E-state index is 0.131. The van der Waals surface area contributed by atoms with E-state index in [0.717, 1.165) is 12.8 Å². The van der Waals surface area contributed by atoms with Gasteiger partial charge in [-0.05, 0) is 86.2 Å². The molecule has 1 saturated carbocycles. The molecule has 3 N–H and O–H groups in total. The van der Waals surface area contributed by atoms with Gasteiger partial charge in [0.05, 0.1) is 24.2 Å². The van der Waals surface area contributed by atoms with Crippen LogP contribution in [0.5, 0.6) is 0 Å². The zero-order chi connectivity index (χ0) is 33.0. The number of carboxylic acids is 1. The Hall–Kier alpha value is -5.06. The number of hydrogen-bond donors (Lipinski definition) is 3. The van der Waals surface area contributed by atoms with Crippen molar-refractivity contribution in [2.24, 2.45) is 0 Å². The van der Waals surface area contributed by atoms with Gasteiger partial charge >= 0.3 is 12.0 Å². The van der Waals surface area contributed by atoms with Crippen molar-refractivity contribution in [1.29, 1.82) is 0 Å². The molecule has 1 heterocycles. The molecule has 5 amide bonds. The van der Waals surface area contributed by atoms with Crippen LogP contribution in [0.2, 0.25) is 0 Å². The maximum atomic E-state index is 13.8. The molecule has 0 aromatic heterocycles. The van der Waals surface area contributed by atoms with Gasteiger partial charge in [-0.15, -0.1) is 0 Å². The molecule has 11 heteroatoms. The van der Waals surface area contributed by atoms with Crippen molar-refractivity contribution >= 4 is 41.1 Å². The molecule has 1 unspecified atom stereocenters. The lowest BCUT2D eigenvalue weighted by atomic mass is 9.84. The summed E-state index contributed by atoms with van der Waals surface area (Å²) in [6.07, 6.45) is 3.72. The van der Waals surface area contributed by atoms with E-state index in [2.05, 4.69) is 22.8 Å². The molecule has 0 spiro atoms. The SMILES string of the molecule is CC(C)N1C(=O)c2ccc(NC(=O)N(Cc3ccc(C(=O)NCC(F)C(=O)O)cc3)c3ccc(C4CCCCC4)cc3)cc2C1=O. The number of aliphatic carboxylic acids is 1. The summed E-state index contributed by atoms with van der Waals surface area (Å²) < 4.78 is 13.4. The van der Waals surface area contributed by atoms with Crippen LogP contribution < -0.4 is 15.5 Å². The Morgan fingerprint density at radius 3 is 2.20 bits per heavy atom. The smallest absolute Gasteiger partial charge is 0.340 e. The highest BCUT2D eigenvalue weighted by Crippen LogP contribution is 2.34. The first-order valence-corrected chi connectivity index (χ1v) is 15.5. The summed E-state index contributed by atoms with van der Waals surface area (Å²) in [5, 5.41) is 13.8. The lowest BCUT2D eigenvalue weighted by Gasteiger charge is -2.26. The van der Waals surface area contributed by atoms with Gasteiger partial charge in [-0.1, -0.05) is 43.5 Å². The Bertz CT molecular complexity index is 1630. The van der Waals surface area contributed by atoms with Gasteiger partial charge in [0.25, 0.3) is 17.7 Å². The van der Waals surface area contributed by atoms with Gasteiger partial charge in [-0.2, -0.15) is 0 Å². The molecule has 5 rings (SSSR count). The lowest BCUT2D eigenvalue weighted by Crippen LogP contribution is -2.36. The number of amides is 5. The summed E-state index contributed by atoms with van der Waals surface area (Å²) in [5.74, 6) is -2.56. The number of hydrogen-bond acceptors (Lipinski definition) is 5. The van der Waals surface area contributed by atoms with Crippen LogP contribution in [0, 0.1) is 0 Å². The molecule has 0 radical (unpaired) electrons. The predicted octanol–water partition coefficient (Wildman–Crippen LogP) is 6.13. The number of halogens is 1. The number of urea groups is 1. The molecule has 2 aliphatic rings. The van der Waals surface area contributed by atoms with Crippen molar-refractivity contribution < 1.29 is 33.5 Å². The number of fused-ring (bicyclic) bond motifs is 1. The number of anilines is 2. The van der Waals surface area contributed by atoms with Gasteiger partial charge in [-0.3, -0.25) is 24.2 Å². The van der Waals surface area contributed by atoms with Crippen molar-refractivity contribution in [3.05, 3.63) is 94.5 Å². The molecule has 0 bridgehead atoms. The highest BCUT2D eigenvalue weighted by molar-refractivity contribution is 6.22. The maximum absolute atomic E-state index is 13.8. The summed E-state index contributed by atoms with van der Waals surface area (Å²) in [7, 11) is 0. The summed E-state index contributed by atoms with van der Waals surface area (Å²) >= 11 is 0. The molecule has 0 saturated heterocycles. The van der Waals surface area contributed by atoms with Gasteiger partial charge in [0.1, 0.15) is 0 Å². The van der Waals surface area contributed by atoms with Gasteiger partial charge in [0.2, 0.25) is 6.17 Å². The Labute approximate surface area is 266 Å². The van der Waals surface area contributed by atoms with Crippen LogP contribution in [0.3, 0.4) is 0 Å². The molecule has 1 atom stereocenters. The average Bonchev–Trinajstić information content (AvgIpc) is 3.31. The molecule has 240 valence electrons. The first kappa shape index (κ1) is 32.3. The fourth-order valence-corrected chi connectivity index (χ4v) is 5.96. The second-order valence-electron chi connectivity index (χ2n) is 12.0. The van der Waals surface area contributed by atoms with E-state index in [1.807, 2.05) is 12.1 Å². The topological polar surface area (TPSA) is 136 Å². The van der Waals surface area contributed by atoms with Crippen LogP contribution in [0.25, 0.3) is 0 Å². The zero-order valence-electron chi connectivity index (χ0n) is 25.8. The van der Waals surface area contributed by atoms with E-state index in [0.29, 0.717) is 28.4 Å². The van der Waals surface area contributed by atoms with E-state index >= 15 is 0 Å². The van der Waals surface area contributed by atoms with Crippen LogP contribution in [-0.2, 0) is 11.3 Å². The molecule has 1 fully saturated rings. The molecule has 46 heavy (non-hydrogen) atoms. The molecule has 3 aromatic carbocycles. The summed E-state index contributed by atoms with van der Waals surface area (Å²) in [4.78, 5) is 65.3. The molecule has 1 aliphatic heterocycles. The van der Waals surface area contributed by atoms with Gasteiger partial charge < -0.3 is 15.7 Å². The molecule has 1 aliphatic carbocycles. The Morgan fingerprint density at radius 1 is 0.913 bits per heavy atom. The van der Waals surface area contributed by atoms with Crippen molar-refractivity contribution in [3.63, 3.8) is 0 Å². The lowest BCUT2D eigenvalue weighted by molar-refractivity contribution is -0.142. The number of carbonyl (C=O) groups is 5. The van der Waals surface area contributed by atoms with Crippen LogP contribution in [-0.4, -0.2) is 58.5 Å². The monoisotopic (exact) mass is 628 g/mol. The third kappa shape index (κ3) is 7.09. The summed E-state index contributed by atoms with van der Waals surface area (Å²) in [5.41, 5.74) is 3.66. The first-order valence-electron chi connectivity index (χ1n) is 15.5. The minimum Gasteiger partial charge on any atom is -0.479 e. The highest BCUT2D eigenvalue weighted by Gasteiger charge is 2.37. The Balaban J connectivity index is 1.36. The van der Waals surface area contributed by atoms with Gasteiger partial charge in [0, 0.05) is 23.0 Å². The number of nitrogens with zero attached hydrogens (tertiary/aromatic N) is 2. The van der Waals surface area contributed by atoms with E-state index in [9.17, 15) is 28.4 Å². The number of alkyl halides is 1. The quantitative estimate of drug-likeness (QED) is 0.231. The minimum atomic E-state index is -2.21. The van der Waals surface area contributed by atoms with Crippen molar-refractivity contribution in [2.75, 3.05) is 16.8 Å². The summed E-state index contributed by atoms with van der Waals surface area (Å²) in [6, 6.07) is 18.2.